The summed E-state index contributed by atoms with van der Waals surface area (Å²) in [4.78, 5) is 83.6. The van der Waals surface area contributed by atoms with Crippen molar-refractivity contribution in [2.75, 3.05) is 27.8 Å². The molecule has 1 aliphatic heterocycles. The highest BCUT2D eigenvalue weighted by atomic mass is 35.5. The van der Waals surface area contributed by atoms with Gasteiger partial charge in [0.1, 0.15) is 41.3 Å². The number of carbonyl (C=O) groups is 6. The van der Waals surface area contributed by atoms with Gasteiger partial charge in [0.2, 0.25) is 17.7 Å². The van der Waals surface area contributed by atoms with Crippen molar-refractivity contribution in [2.24, 2.45) is 0 Å². The fraction of sp³-hybridized carbons (Fsp3) is 0.388. The number of amides is 5. The summed E-state index contributed by atoms with van der Waals surface area (Å²) in [6.45, 7) is 8.77. The fourth-order valence-corrected chi connectivity index (χ4v) is 7.65. The van der Waals surface area contributed by atoms with Crippen LogP contribution in [0.2, 0.25) is 5.02 Å². The Morgan fingerprint density at radius 3 is 2.17 bits per heavy atom. The van der Waals surface area contributed by atoms with Crippen molar-refractivity contribution in [1.82, 2.24) is 26.2 Å². The van der Waals surface area contributed by atoms with Gasteiger partial charge >= 0.3 is 12.1 Å². The minimum atomic E-state index is -1.41. The van der Waals surface area contributed by atoms with E-state index in [1.54, 1.807) is 87.5 Å². The number of ether oxygens (including phenoxy) is 3. The zero-order valence-corrected chi connectivity index (χ0v) is 38.8. The number of likely N-dealkylation sites (N-methyl/N-ethyl adjacent to an activating group) is 1. The predicted octanol–water partition coefficient (Wildman–Crippen LogP) is 6.66. The molecule has 0 fully saturated rings. The lowest BCUT2D eigenvalue weighted by atomic mass is 9.90. The van der Waals surface area contributed by atoms with Crippen LogP contribution in [-0.4, -0.2) is 97.2 Å². The molecule has 4 bridgehead atoms. The summed E-state index contributed by atoms with van der Waals surface area (Å²) >= 11 is 6.08. The molecule has 65 heavy (non-hydrogen) atoms. The summed E-state index contributed by atoms with van der Waals surface area (Å²) in [5, 5.41) is 23.3. The number of hydrogen-bond acceptors (Lipinski definition) is 10. The van der Waals surface area contributed by atoms with E-state index in [1.807, 2.05) is 19.1 Å². The average Bonchev–Trinajstić information content (AvgIpc) is 3.27. The van der Waals surface area contributed by atoms with Crippen molar-refractivity contribution < 1.29 is 48.1 Å². The monoisotopic (exact) mass is 911 g/mol. The number of fused-ring (bicyclic) bond motifs is 5. The molecular weight excluding hydrogens is 854 g/mol. The van der Waals surface area contributed by atoms with Crippen LogP contribution in [0.1, 0.15) is 87.0 Å². The largest absolute Gasteiger partial charge is 0.507 e. The van der Waals surface area contributed by atoms with Gasteiger partial charge in [-0.05, 0) is 130 Å². The van der Waals surface area contributed by atoms with Crippen molar-refractivity contribution in [2.45, 2.75) is 96.5 Å². The van der Waals surface area contributed by atoms with E-state index in [0.717, 1.165) is 11.1 Å². The maximum atomic E-state index is 14.9. The van der Waals surface area contributed by atoms with E-state index in [-0.39, 0.29) is 30.7 Å². The Bertz CT molecular complexity index is 2380. The second-order valence-corrected chi connectivity index (χ2v) is 17.3. The first-order chi connectivity index (χ1) is 30.8. The molecule has 0 aromatic heterocycles. The molecule has 5 N–H and O–H groups in total. The number of phenols is 1. The number of aryl methyl sites for hydroxylation is 1. The highest BCUT2D eigenvalue weighted by Gasteiger charge is 2.36. The van der Waals surface area contributed by atoms with Gasteiger partial charge in [-0.15, -0.1) is 0 Å². The summed E-state index contributed by atoms with van der Waals surface area (Å²) in [7, 11) is 4.10. The number of rotatable bonds is 13. The Hall–Kier alpha value is -6.61. The van der Waals surface area contributed by atoms with Crippen molar-refractivity contribution in [3.05, 3.63) is 106 Å². The van der Waals surface area contributed by atoms with E-state index >= 15 is 0 Å². The van der Waals surface area contributed by atoms with Crippen molar-refractivity contribution in [1.29, 1.82) is 0 Å². The molecule has 0 saturated heterocycles. The number of benzene rings is 4. The van der Waals surface area contributed by atoms with Gasteiger partial charge in [0, 0.05) is 41.7 Å². The van der Waals surface area contributed by atoms with E-state index in [9.17, 15) is 33.9 Å². The molecule has 15 nitrogen and oxygen atoms in total. The minimum absolute atomic E-state index is 0.0215. The van der Waals surface area contributed by atoms with Crippen LogP contribution in [0, 0.1) is 0 Å². The molecule has 5 amide bonds. The minimum Gasteiger partial charge on any atom is -0.507 e. The lowest BCUT2D eigenvalue weighted by Gasteiger charge is -2.33. The van der Waals surface area contributed by atoms with Gasteiger partial charge in [-0.2, -0.15) is 0 Å². The molecule has 4 aromatic rings. The van der Waals surface area contributed by atoms with Crippen LogP contribution in [-0.2, 0) is 41.5 Å². The number of aromatic hydroxyl groups is 1. The SMILES string of the molecule is CCc1cc2cc(c1O)-c1cc(ccc1OC)CC(C(=O)OC)NC(=O)C(C)NC(=O)C2N(C)C(=O)C(CCCCNC(=O)OC(C)(C)C)NC(=O)c1ccc(-c2ccc(Cl)cc2)cc1. The first-order valence-electron chi connectivity index (χ1n) is 21.5. The molecule has 4 atom stereocenters. The molecule has 0 saturated carbocycles. The first kappa shape index (κ1) is 49.4. The van der Waals surface area contributed by atoms with Gasteiger partial charge in [0.25, 0.3) is 5.91 Å². The highest BCUT2D eigenvalue weighted by molar-refractivity contribution is 6.30. The molecule has 0 spiro atoms. The maximum Gasteiger partial charge on any atom is 0.407 e. The third kappa shape index (κ3) is 12.8. The second kappa shape index (κ2) is 21.8. The van der Waals surface area contributed by atoms with Gasteiger partial charge in [-0.3, -0.25) is 19.2 Å². The number of carbonyl (C=O) groups excluding carboxylic acids is 6. The van der Waals surface area contributed by atoms with Crippen LogP contribution in [0.25, 0.3) is 22.3 Å². The Morgan fingerprint density at radius 1 is 0.892 bits per heavy atom. The van der Waals surface area contributed by atoms with E-state index < -0.39 is 65.5 Å². The molecule has 5 rings (SSSR count). The third-order valence-electron chi connectivity index (χ3n) is 11.0. The number of methoxy groups -OCH3 is 2. The quantitative estimate of drug-likeness (QED) is 0.0714. The lowest BCUT2D eigenvalue weighted by Crippen LogP contribution is -2.55. The third-order valence-corrected chi connectivity index (χ3v) is 11.2. The number of halogens is 1. The number of hydrogen-bond donors (Lipinski definition) is 5. The number of nitrogens with one attached hydrogen (secondary N) is 4. The topological polar surface area (TPSA) is 202 Å². The van der Waals surface area contributed by atoms with Crippen LogP contribution in [0.4, 0.5) is 4.79 Å². The molecule has 346 valence electrons. The Balaban J connectivity index is 1.54. The van der Waals surface area contributed by atoms with Crippen molar-refractivity contribution >= 4 is 47.3 Å². The van der Waals surface area contributed by atoms with E-state index in [0.29, 0.717) is 57.9 Å². The Morgan fingerprint density at radius 2 is 1.55 bits per heavy atom. The molecule has 16 heteroatoms. The van der Waals surface area contributed by atoms with Crippen LogP contribution < -0.4 is 26.0 Å². The summed E-state index contributed by atoms with van der Waals surface area (Å²) in [6.07, 6.45) is 0.660. The smallest absolute Gasteiger partial charge is 0.407 e. The second-order valence-electron chi connectivity index (χ2n) is 16.9. The van der Waals surface area contributed by atoms with Gasteiger partial charge in [0.05, 0.1) is 14.2 Å². The van der Waals surface area contributed by atoms with Gasteiger partial charge in [-0.25, -0.2) is 9.59 Å². The Kier molecular flexibility index (Phi) is 16.6. The van der Waals surface area contributed by atoms with Crippen LogP contribution in [0.5, 0.6) is 11.5 Å². The zero-order chi connectivity index (χ0) is 47.6. The van der Waals surface area contributed by atoms with Gasteiger partial charge in [0.15, 0.2) is 0 Å². The number of nitrogens with zero attached hydrogens (tertiary/aromatic N) is 1. The maximum absolute atomic E-state index is 14.9. The molecule has 1 heterocycles. The first-order valence-corrected chi connectivity index (χ1v) is 21.8. The van der Waals surface area contributed by atoms with E-state index in [4.69, 9.17) is 25.8 Å². The fourth-order valence-electron chi connectivity index (χ4n) is 7.53. The molecule has 4 unspecified atom stereocenters. The lowest BCUT2D eigenvalue weighted by molar-refractivity contribution is -0.145. The van der Waals surface area contributed by atoms with Crippen molar-refractivity contribution in [3.63, 3.8) is 0 Å². The number of alkyl carbamates (subject to hydrolysis) is 1. The number of phenolic OH excluding ortho intramolecular Hbond substituents is 1. The van der Waals surface area contributed by atoms with Crippen LogP contribution in [0.3, 0.4) is 0 Å². The highest BCUT2D eigenvalue weighted by Crippen LogP contribution is 2.41. The molecule has 1 aliphatic rings. The average molecular weight is 912 g/mol. The number of esters is 1. The summed E-state index contributed by atoms with van der Waals surface area (Å²) < 4.78 is 16.1. The molecule has 0 radical (unpaired) electrons. The van der Waals surface area contributed by atoms with E-state index in [1.165, 1.54) is 33.1 Å². The predicted molar refractivity (Wildman–Crippen MR) is 246 cm³/mol. The van der Waals surface area contributed by atoms with Gasteiger partial charge < -0.3 is 45.5 Å². The zero-order valence-electron chi connectivity index (χ0n) is 38.0. The van der Waals surface area contributed by atoms with E-state index in [2.05, 4.69) is 21.3 Å². The van der Waals surface area contributed by atoms with Crippen molar-refractivity contribution in [3.8, 4) is 33.8 Å². The normalized spacial score (nSPS) is 16.7. The Labute approximate surface area is 384 Å². The standard InChI is InChI=1S/C49H58ClN5O10/c1-9-30-26-34-27-37(42(30)56)36-24-29(13-22-40(36)63-7)25-39(47(61)64-8)54-43(57)28(2)52-45(59)41(34)55(6)46(60)38(12-10-11-23-51-48(62)65-49(3,4)5)53-44(58)33-16-14-31(15-17-33)32-18-20-35(50)21-19-32/h13-22,24,26-28,38-39,41,56H,9-12,23,25H2,1-8H3,(H,51,62)(H,52,59)(H,53,58)(H,54,57). The molecule has 4 aromatic carbocycles. The van der Waals surface area contributed by atoms with Gasteiger partial charge in [-0.1, -0.05) is 48.9 Å². The molecule has 0 aliphatic carbocycles. The summed E-state index contributed by atoms with van der Waals surface area (Å²) in [5.41, 5.74) is 3.41. The van der Waals surface area contributed by atoms with Crippen LogP contribution >= 0.6 is 11.6 Å². The summed E-state index contributed by atoms with van der Waals surface area (Å²) in [5.74, 6) is -3.02. The number of unbranched alkanes of at least 4 members (excludes halogenated alkanes) is 1. The van der Waals surface area contributed by atoms with Crippen LogP contribution in [0.15, 0.2) is 78.9 Å². The molecular formula is C49H58ClN5O10. The summed E-state index contributed by atoms with van der Waals surface area (Å²) in [6, 6.07) is 17.6.